The number of nitrogens with zero attached hydrogens (tertiary/aromatic N) is 3. The predicted octanol–water partition coefficient (Wildman–Crippen LogP) is 4.57. The standard InChI is InChI=1S/C27H32FN3O5/c1-17-4-2-3-5-19(9-6-17)36-27(35)30-12-10-29(11-13-30)24-15-23-20(14-22(24)28)25(32)21(26(33)34)16-31(23)18-7-8-18/h3,5,14-19H,2,4,6-13H2,1H3,(H,33,34)/b5-3+/t17-,19+/m1/s1. The van der Waals surface area contributed by atoms with Gasteiger partial charge in [-0.1, -0.05) is 13.0 Å². The number of ether oxygens (including phenoxy) is 1. The molecule has 0 bridgehead atoms. The average molecular weight is 498 g/mol. The maximum atomic E-state index is 15.2. The first kappa shape index (κ1) is 24.3. The lowest BCUT2D eigenvalue weighted by atomic mass is 9.95. The van der Waals surface area contributed by atoms with E-state index in [9.17, 15) is 19.5 Å². The van der Waals surface area contributed by atoms with Gasteiger partial charge in [0.2, 0.25) is 5.43 Å². The van der Waals surface area contributed by atoms with Crippen molar-refractivity contribution in [1.82, 2.24) is 9.47 Å². The van der Waals surface area contributed by atoms with Gasteiger partial charge in [-0.25, -0.2) is 14.0 Å². The molecule has 1 amide bonds. The first-order valence-corrected chi connectivity index (χ1v) is 12.8. The summed E-state index contributed by atoms with van der Waals surface area (Å²) in [4.78, 5) is 40.6. The van der Waals surface area contributed by atoms with E-state index in [0.717, 1.165) is 44.6 Å². The van der Waals surface area contributed by atoms with Gasteiger partial charge >= 0.3 is 12.1 Å². The molecule has 2 atom stereocenters. The van der Waals surface area contributed by atoms with Crippen molar-refractivity contribution < 1.29 is 23.8 Å². The summed E-state index contributed by atoms with van der Waals surface area (Å²) in [7, 11) is 0. The Morgan fingerprint density at radius 3 is 2.50 bits per heavy atom. The van der Waals surface area contributed by atoms with E-state index in [1.54, 1.807) is 15.5 Å². The van der Waals surface area contributed by atoms with Gasteiger partial charge in [0.1, 0.15) is 17.5 Å². The van der Waals surface area contributed by atoms with Crippen molar-refractivity contribution in [3.63, 3.8) is 0 Å². The number of aromatic carboxylic acids is 1. The van der Waals surface area contributed by atoms with Crippen LogP contribution in [0.4, 0.5) is 14.9 Å². The monoisotopic (exact) mass is 497 g/mol. The largest absolute Gasteiger partial charge is 0.477 e. The van der Waals surface area contributed by atoms with Crippen LogP contribution in [0, 0.1) is 11.7 Å². The summed E-state index contributed by atoms with van der Waals surface area (Å²) in [6.07, 6.45) is 10.7. The van der Waals surface area contributed by atoms with Crippen LogP contribution in [0.2, 0.25) is 0 Å². The number of carbonyl (C=O) groups is 2. The van der Waals surface area contributed by atoms with E-state index in [4.69, 9.17) is 4.74 Å². The third kappa shape index (κ3) is 4.96. The van der Waals surface area contributed by atoms with Gasteiger partial charge in [0, 0.05) is 43.8 Å². The van der Waals surface area contributed by atoms with E-state index in [1.807, 2.05) is 11.0 Å². The molecule has 2 aliphatic carbocycles. The normalized spacial score (nSPS) is 23.7. The number of allylic oxidation sites excluding steroid dienone is 1. The van der Waals surface area contributed by atoms with Crippen LogP contribution in [0.5, 0.6) is 0 Å². The number of carbonyl (C=O) groups excluding carboxylic acids is 1. The van der Waals surface area contributed by atoms with Crippen LogP contribution in [0.1, 0.15) is 61.8 Å². The fourth-order valence-electron chi connectivity index (χ4n) is 5.16. The highest BCUT2D eigenvalue weighted by Crippen LogP contribution is 2.38. The van der Waals surface area contributed by atoms with Gasteiger partial charge in [0.25, 0.3) is 0 Å². The maximum Gasteiger partial charge on any atom is 0.410 e. The number of carboxylic acid groups (broad SMARTS) is 1. The Morgan fingerprint density at radius 2 is 1.81 bits per heavy atom. The highest BCUT2D eigenvalue weighted by atomic mass is 19.1. The number of aromatic nitrogens is 1. The van der Waals surface area contributed by atoms with Gasteiger partial charge in [-0.2, -0.15) is 0 Å². The fourth-order valence-corrected chi connectivity index (χ4v) is 5.16. The second kappa shape index (κ2) is 9.95. The number of rotatable bonds is 4. The van der Waals surface area contributed by atoms with E-state index < -0.39 is 17.2 Å². The Labute approximate surface area is 208 Å². The Kier molecular flexibility index (Phi) is 6.73. The molecule has 5 rings (SSSR count). The van der Waals surface area contributed by atoms with E-state index >= 15 is 4.39 Å². The summed E-state index contributed by atoms with van der Waals surface area (Å²) in [6.45, 7) is 3.87. The minimum absolute atomic E-state index is 0.0758. The van der Waals surface area contributed by atoms with Crippen LogP contribution in [0.15, 0.2) is 35.3 Å². The van der Waals surface area contributed by atoms with Crippen molar-refractivity contribution in [2.45, 2.75) is 57.6 Å². The van der Waals surface area contributed by atoms with E-state index in [0.29, 0.717) is 43.3 Å². The average Bonchev–Trinajstić information content (AvgIpc) is 3.69. The number of carboxylic acids is 1. The van der Waals surface area contributed by atoms with Gasteiger partial charge in [0.05, 0.1) is 11.2 Å². The molecule has 0 unspecified atom stereocenters. The van der Waals surface area contributed by atoms with E-state index in [-0.39, 0.29) is 29.2 Å². The number of pyridine rings is 1. The van der Waals surface area contributed by atoms with Crippen LogP contribution in [-0.2, 0) is 4.74 Å². The number of halogens is 1. The zero-order chi connectivity index (χ0) is 25.4. The summed E-state index contributed by atoms with van der Waals surface area (Å²) in [5.41, 5.74) is -0.132. The van der Waals surface area contributed by atoms with Crippen molar-refractivity contribution in [3.05, 3.63) is 52.1 Å². The Bertz CT molecular complexity index is 1260. The summed E-state index contributed by atoms with van der Waals surface area (Å²) >= 11 is 0. The predicted molar refractivity (Wildman–Crippen MR) is 134 cm³/mol. The second-order valence-electron chi connectivity index (χ2n) is 10.2. The lowest BCUT2D eigenvalue weighted by Gasteiger charge is -2.36. The van der Waals surface area contributed by atoms with Gasteiger partial charge in [-0.3, -0.25) is 4.79 Å². The first-order valence-electron chi connectivity index (χ1n) is 12.8. The summed E-state index contributed by atoms with van der Waals surface area (Å²) in [5.74, 6) is -1.27. The van der Waals surface area contributed by atoms with Crippen molar-refractivity contribution in [2.75, 3.05) is 31.1 Å². The Morgan fingerprint density at radius 1 is 1.06 bits per heavy atom. The molecular weight excluding hydrogens is 465 g/mol. The van der Waals surface area contributed by atoms with Gasteiger partial charge in [-0.05, 0) is 62.7 Å². The maximum absolute atomic E-state index is 15.2. The zero-order valence-corrected chi connectivity index (χ0v) is 20.5. The Balaban J connectivity index is 1.31. The van der Waals surface area contributed by atoms with Crippen LogP contribution < -0.4 is 10.3 Å². The van der Waals surface area contributed by atoms with E-state index in [1.165, 1.54) is 6.20 Å². The summed E-state index contributed by atoms with van der Waals surface area (Å²) in [5, 5.41) is 9.50. The number of amides is 1. The van der Waals surface area contributed by atoms with Gasteiger partial charge in [-0.15, -0.1) is 0 Å². The summed E-state index contributed by atoms with van der Waals surface area (Å²) < 4.78 is 22.7. The molecule has 2 fully saturated rings. The highest BCUT2D eigenvalue weighted by Gasteiger charge is 2.29. The van der Waals surface area contributed by atoms with Crippen molar-refractivity contribution >= 4 is 28.7 Å². The Hall–Kier alpha value is -3.36. The molecule has 1 aromatic heterocycles. The molecule has 0 spiro atoms. The lowest BCUT2D eigenvalue weighted by molar-refractivity contribution is 0.0692. The minimum Gasteiger partial charge on any atom is -0.477 e. The van der Waals surface area contributed by atoms with Gasteiger partial charge in [0.15, 0.2) is 0 Å². The molecule has 9 heteroatoms. The van der Waals surface area contributed by atoms with Crippen LogP contribution in [-0.4, -0.2) is 58.9 Å². The third-order valence-corrected chi connectivity index (χ3v) is 7.52. The molecule has 2 aromatic rings. The quantitative estimate of drug-likeness (QED) is 0.623. The third-order valence-electron chi connectivity index (χ3n) is 7.52. The highest BCUT2D eigenvalue weighted by molar-refractivity contribution is 5.93. The smallest absolute Gasteiger partial charge is 0.410 e. The number of hydrogen-bond donors (Lipinski definition) is 1. The molecule has 2 heterocycles. The zero-order valence-electron chi connectivity index (χ0n) is 20.5. The fraction of sp³-hybridized carbons (Fsp3) is 0.519. The van der Waals surface area contributed by atoms with Crippen molar-refractivity contribution in [1.29, 1.82) is 0 Å². The van der Waals surface area contributed by atoms with E-state index in [2.05, 4.69) is 13.0 Å². The van der Waals surface area contributed by atoms with Crippen LogP contribution >= 0.6 is 0 Å². The lowest BCUT2D eigenvalue weighted by Crippen LogP contribution is -2.49. The molecule has 0 radical (unpaired) electrons. The van der Waals surface area contributed by atoms with Crippen molar-refractivity contribution in [3.8, 4) is 0 Å². The molecule has 1 saturated heterocycles. The van der Waals surface area contributed by atoms with Crippen molar-refractivity contribution in [2.24, 2.45) is 5.92 Å². The molecule has 1 aliphatic heterocycles. The van der Waals surface area contributed by atoms with Crippen LogP contribution in [0.3, 0.4) is 0 Å². The molecule has 1 saturated carbocycles. The molecule has 1 aromatic carbocycles. The number of benzene rings is 1. The topological polar surface area (TPSA) is 92.1 Å². The molecule has 36 heavy (non-hydrogen) atoms. The minimum atomic E-state index is -1.31. The molecule has 192 valence electrons. The van der Waals surface area contributed by atoms with Gasteiger partial charge < -0.3 is 24.2 Å². The SMILES string of the molecule is C[C@@H]1CC/C=C/[C@H](OC(=O)N2CCN(c3cc4c(cc3F)c(=O)c(C(=O)O)cn4C3CC3)CC2)CC1. The summed E-state index contributed by atoms with van der Waals surface area (Å²) in [6, 6.07) is 2.91. The number of anilines is 1. The molecule has 1 N–H and O–H groups in total. The molecule has 3 aliphatic rings. The molecule has 8 nitrogen and oxygen atoms in total. The number of piperazine rings is 1. The number of fused-ring (bicyclic) bond motifs is 1. The first-order chi connectivity index (χ1) is 17.3. The second-order valence-corrected chi connectivity index (χ2v) is 10.2. The number of hydrogen-bond acceptors (Lipinski definition) is 5. The molecular formula is C27H32FN3O5. The van der Waals surface area contributed by atoms with Crippen LogP contribution in [0.25, 0.3) is 10.9 Å².